The molecule has 1 amide bonds. The van der Waals surface area contributed by atoms with E-state index in [1.54, 1.807) is 20.9 Å². The molecule has 0 fully saturated rings. The third-order valence-electron chi connectivity index (χ3n) is 3.81. The maximum atomic E-state index is 12.1. The van der Waals surface area contributed by atoms with Crippen LogP contribution in [0.3, 0.4) is 0 Å². The minimum atomic E-state index is -1.04. The lowest BCUT2D eigenvalue weighted by atomic mass is 9.93. The van der Waals surface area contributed by atoms with Gasteiger partial charge in [0.2, 0.25) is 5.91 Å². The van der Waals surface area contributed by atoms with Crippen LogP contribution in [-0.4, -0.2) is 41.0 Å². The van der Waals surface area contributed by atoms with E-state index in [-0.39, 0.29) is 12.5 Å². The predicted octanol–water partition coefficient (Wildman–Crippen LogP) is 1.78. The zero-order valence-corrected chi connectivity index (χ0v) is 13.1. The number of likely N-dealkylation sites (N-methyl/N-ethyl adjacent to an activating group) is 1. The molecule has 0 saturated carbocycles. The average molecular weight is 296 g/mol. The highest BCUT2D eigenvalue weighted by molar-refractivity contribution is 5.82. The lowest BCUT2D eigenvalue weighted by Gasteiger charge is -2.28. The smallest absolute Gasteiger partial charge is 0.323 e. The van der Waals surface area contributed by atoms with Crippen LogP contribution in [0.25, 0.3) is 0 Å². The van der Waals surface area contributed by atoms with E-state index in [1.807, 2.05) is 19.1 Å². The second kappa shape index (κ2) is 7.26. The molecule has 0 atom stereocenters. The highest BCUT2D eigenvalue weighted by Crippen LogP contribution is 2.15. The summed E-state index contributed by atoms with van der Waals surface area (Å²) in [6.45, 7) is 5.79. The van der Waals surface area contributed by atoms with Gasteiger partial charge >= 0.3 is 5.97 Å². The minimum Gasteiger partial charge on any atom is -0.480 e. The average Bonchev–Trinajstić information content (AvgIpc) is 2.85. The van der Waals surface area contributed by atoms with Gasteiger partial charge in [-0.2, -0.15) is 0 Å². The number of carboxylic acids is 1. The van der Waals surface area contributed by atoms with Gasteiger partial charge in [0.05, 0.1) is 13.1 Å². The van der Waals surface area contributed by atoms with Crippen LogP contribution in [0.4, 0.5) is 0 Å². The molecule has 6 nitrogen and oxygen atoms in total. The van der Waals surface area contributed by atoms with Gasteiger partial charge in [0, 0.05) is 7.05 Å². The second-order valence-electron chi connectivity index (χ2n) is 5.21. The first-order valence-electron chi connectivity index (χ1n) is 7.12. The molecule has 0 bridgehead atoms. The van der Waals surface area contributed by atoms with Gasteiger partial charge in [-0.1, -0.05) is 13.8 Å². The monoisotopic (exact) mass is 296 g/mol. The van der Waals surface area contributed by atoms with Crippen LogP contribution < -0.4 is 5.32 Å². The van der Waals surface area contributed by atoms with E-state index >= 15 is 0 Å². The van der Waals surface area contributed by atoms with Crippen molar-refractivity contribution in [3.8, 4) is 0 Å². The van der Waals surface area contributed by atoms with E-state index in [1.165, 1.54) is 4.90 Å². The van der Waals surface area contributed by atoms with Crippen LogP contribution in [-0.2, 0) is 16.1 Å². The van der Waals surface area contributed by atoms with Crippen molar-refractivity contribution in [2.75, 3.05) is 13.6 Å². The molecule has 0 aromatic carbocycles. The summed E-state index contributed by atoms with van der Waals surface area (Å²) in [5.41, 5.74) is -1.04. The number of nitrogens with zero attached hydrogens (tertiary/aromatic N) is 1. The van der Waals surface area contributed by atoms with Gasteiger partial charge in [-0.05, 0) is 31.9 Å². The molecule has 6 heteroatoms. The van der Waals surface area contributed by atoms with Crippen LogP contribution in [0.1, 0.15) is 38.2 Å². The molecule has 0 radical (unpaired) electrons. The molecule has 1 heterocycles. The summed E-state index contributed by atoms with van der Waals surface area (Å²) in [4.78, 5) is 25.0. The zero-order chi connectivity index (χ0) is 16.0. The Bertz CT molecular complexity index is 492. The summed E-state index contributed by atoms with van der Waals surface area (Å²) in [6.07, 6.45) is 0.848. The fourth-order valence-corrected chi connectivity index (χ4v) is 2.15. The number of carbonyl (C=O) groups is 2. The molecular formula is C15H24N2O4. The first-order chi connectivity index (χ1) is 9.84. The van der Waals surface area contributed by atoms with Gasteiger partial charge in [-0.15, -0.1) is 0 Å². The standard InChI is InChI=1S/C15H24N2O4/c1-5-15(6-2,14(19)20)16-9-13(18)17(4)10-12-8-7-11(3)21-12/h7-8,16H,5-6,9-10H2,1-4H3,(H,19,20). The van der Waals surface area contributed by atoms with Crippen molar-refractivity contribution in [1.29, 1.82) is 0 Å². The molecule has 21 heavy (non-hydrogen) atoms. The molecule has 0 aliphatic heterocycles. The Morgan fingerprint density at radius 1 is 1.33 bits per heavy atom. The predicted molar refractivity (Wildman–Crippen MR) is 78.9 cm³/mol. The highest BCUT2D eigenvalue weighted by Gasteiger charge is 2.34. The molecule has 1 aromatic rings. The largest absolute Gasteiger partial charge is 0.480 e. The van der Waals surface area contributed by atoms with Crippen molar-refractivity contribution >= 4 is 11.9 Å². The molecule has 1 rings (SSSR count). The Morgan fingerprint density at radius 3 is 2.38 bits per heavy atom. The maximum Gasteiger partial charge on any atom is 0.323 e. The van der Waals surface area contributed by atoms with E-state index in [0.29, 0.717) is 25.1 Å². The van der Waals surface area contributed by atoms with E-state index in [2.05, 4.69) is 5.32 Å². The first-order valence-corrected chi connectivity index (χ1v) is 7.12. The lowest BCUT2D eigenvalue weighted by Crippen LogP contribution is -2.54. The first kappa shape index (κ1) is 17.2. The summed E-state index contributed by atoms with van der Waals surface area (Å²) in [6, 6.07) is 3.67. The Balaban J connectivity index is 2.57. The molecular weight excluding hydrogens is 272 g/mol. The molecule has 0 aliphatic rings. The quantitative estimate of drug-likeness (QED) is 0.764. The third kappa shape index (κ3) is 4.32. The van der Waals surface area contributed by atoms with Gasteiger partial charge in [0.1, 0.15) is 17.1 Å². The molecule has 0 aliphatic carbocycles. The van der Waals surface area contributed by atoms with E-state index in [9.17, 15) is 14.7 Å². The summed E-state index contributed by atoms with van der Waals surface area (Å²) >= 11 is 0. The fraction of sp³-hybridized carbons (Fsp3) is 0.600. The number of carboxylic acid groups (broad SMARTS) is 1. The zero-order valence-electron chi connectivity index (χ0n) is 13.1. The Kier molecular flexibility index (Phi) is 5.96. The molecule has 0 spiro atoms. The van der Waals surface area contributed by atoms with Crippen LogP contribution in [0.2, 0.25) is 0 Å². The number of furan rings is 1. The van der Waals surface area contributed by atoms with Crippen LogP contribution in [0.5, 0.6) is 0 Å². The van der Waals surface area contributed by atoms with Gasteiger partial charge in [-0.25, -0.2) is 0 Å². The number of hydrogen-bond donors (Lipinski definition) is 2. The number of amides is 1. The number of carbonyl (C=O) groups excluding carboxylic acids is 1. The van der Waals surface area contributed by atoms with Crippen molar-refractivity contribution in [2.45, 2.75) is 45.7 Å². The van der Waals surface area contributed by atoms with Crippen LogP contribution in [0, 0.1) is 6.92 Å². The third-order valence-corrected chi connectivity index (χ3v) is 3.81. The van der Waals surface area contributed by atoms with Gasteiger partial charge in [-0.3, -0.25) is 14.9 Å². The molecule has 2 N–H and O–H groups in total. The fourth-order valence-electron chi connectivity index (χ4n) is 2.15. The number of aliphatic carboxylic acids is 1. The summed E-state index contributed by atoms with van der Waals surface area (Å²) < 4.78 is 5.42. The Morgan fingerprint density at radius 2 is 1.95 bits per heavy atom. The Labute approximate surface area is 125 Å². The van der Waals surface area contributed by atoms with Crippen molar-refractivity contribution < 1.29 is 19.1 Å². The summed E-state index contributed by atoms with van der Waals surface area (Å²) in [7, 11) is 1.67. The SMILES string of the molecule is CCC(CC)(NCC(=O)N(C)Cc1ccc(C)o1)C(=O)O. The summed E-state index contributed by atoms with van der Waals surface area (Å²) in [5, 5.41) is 12.2. The van der Waals surface area contributed by atoms with E-state index in [0.717, 1.165) is 5.76 Å². The van der Waals surface area contributed by atoms with Crippen LogP contribution >= 0.6 is 0 Å². The Hall–Kier alpha value is -1.82. The summed E-state index contributed by atoms with van der Waals surface area (Å²) in [5.74, 6) is 0.408. The van der Waals surface area contributed by atoms with Gasteiger partial charge in [0.15, 0.2) is 0 Å². The minimum absolute atomic E-state index is 0.00975. The molecule has 0 unspecified atom stereocenters. The molecule has 118 valence electrons. The topological polar surface area (TPSA) is 82.8 Å². The normalized spacial score (nSPS) is 11.4. The van der Waals surface area contributed by atoms with E-state index in [4.69, 9.17) is 4.42 Å². The molecule has 0 saturated heterocycles. The maximum absolute atomic E-state index is 12.1. The highest BCUT2D eigenvalue weighted by atomic mass is 16.4. The van der Waals surface area contributed by atoms with Crippen molar-refractivity contribution in [2.24, 2.45) is 0 Å². The lowest BCUT2D eigenvalue weighted by molar-refractivity contribution is -0.145. The number of rotatable bonds is 8. The van der Waals surface area contributed by atoms with Gasteiger partial charge in [0.25, 0.3) is 0 Å². The number of hydrogen-bond acceptors (Lipinski definition) is 4. The van der Waals surface area contributed by atoms with E-state index < -0.39 is 11.5 Å². The van der Waals surface area contributed by atoms with Crippen molar-refractivity contribution in [1.82, 2.24) is 10.2 Å². The number of nitrogens with one attached hydrogen (secondary N) is 1. The van der Waals surface area contributed by atoms with Gasteiger partial charge < -0.3 is 14.4 Å². The molecule has 1 aromatic heterocycles. The van der Waals surface area contributed by atoms with Crippen molar-refractivity contribution in [3.05, 3.63) is 23.7 Å². The number of aryl methyl sites for hydroxylation is 1. The second-order valence-corrected chi connectivity index (χ2v) is 5.21. The van der Waals surface area contributed by atoms with Crippen molar-refractivity contribution in [3.63, 3.8) is 0 Å². The van der Waals surface area contributed by atoms with Crippen LogP contribution in [0.15, 0.2) is 16.5 Å².